The number of rotatable bonds is 2. The summed E-state index contributed by atoms with van der Waals surface area (Å²) in [5.41, 5.74) is 0.927. The Labute approximate surface area is 105 Å². The van der Waals surface area contributed by atoms with E-state index in [4.69, 9.17) is 4.74 Å². The highest BCUT2D eigenvalue weighted by Gasteiger charge is 2.62. The van der Waals surface area contributed by atoms with Gasteiger partial charge >= 0.3 is 0 Å². The van der Waals surface area contributed by atoms with E-state index >= 15 is 0 Å². The zero-order valence-electron chi connectivity index (χ0n) is 9.76. The average molecular weight is 249 g/mol. The molecule has 0 bridgehead atoms. The van der Waals surface area contributed by atoms with Crippen molar-refractivity contribution in [1.82, 2.24) is 4.31 Å². The zero-order valence-corrected chi connectivity index (χ0v) is 10.6. The molecule has 4 heteroatoms. The summed E-state index contributed by atoms with van der Waals surface area (Å²) in [6, 6.07) is 10.4. The molecule has 2 atom stereocenters. The van der Waals surface area contributed by atoms with Crippen LogP contribution in [0, 0.1) is 5.41 Å². The first-order valence-corrected chi connectivity index (χ1v) is 6.98. The van der Waals surface area contributed by atoms with Crippen molar-refractivity contribution >= 4 is 17.9 Å². The number of benzene rings is 1. The van der Waals surface area contributed by atoms with E-state index < -0.39 is 0 Å². The van der Waals surface area contributed by atoms with Gasteiger partial charge in [-0.1, -0.05) is 42.3 Å². The summed E-state index contributed by atoms with van der Waals surface area (Å²) in [7, 11) is 0. The summed E-state index contributed by atoms with van der Waals surface area (Å²) in [5.74, 6) is 0.233. The molecule has 2 aliphatic rings. The lowest BCUT2D eigenvalue weighted by molar-refractivity contribution is -0.159. The fourth-order valence-electron chi connectivity index (χ4n) is 2.86. The molecule has 0 aliphatic carbocycles. The van der Waals surface area contributed by atoms with Crippen LogP contribution < -0.4 is 0 Å². The van der Waals surface area contributed by atoms with E-state index in [1.165, 1.54) is 17.5 Å². The van der Waals surface area contributed by atoms with E-state index in [0.717, 1.165) is 6.42 Å². The molecule has 2 aliphatic heterocycles. The number of amides is 1. The molecule has 1 aromatic rings. The van der Waals surface area contributed by atoms with Gasteiger partial charge in [0.15, 0.2) is 0 Å². The number of hydrogen-bond donors (Lipinski definition) is 0. The summed E-state index contributed by atoms with van der Waals surface area (Å²) < 4.78 is 7.34. The molecule has 2 heterocycles. The Morgan fingerprint density at radius 1 is 1.41 bits per heavy atom. The van der Waals surface area contributed by atoms with Gasteiger partial charge in [0, 0.05) is 12.9 Å². The molecule has 0 N–H and O–H groups in total. The summed E-state index contributed by atoms with van der Waals surface area (Å²) in [6.45, 7) is 1.28. The van der Waals surface area contributed by atoms with Crippen molar-refractivity contribution in [3.8, 4) is 0 Å². The van der Waals surface area contributed by atoms with Crippen molar-refractivity contribution in [1.29, 1.82) is 0 Å². The number of hydrogen-bond acceptors (Lipinski definition) is 3. The molecular weight excluding hydrogens is 234 g/mol. The van der Waals surface area contributed by atoms with Crippen LogP contribution in [0.2, 0.25) is 0 Å². The maximum atomic E-state index is 12.2. The number of ether oxygens (including phenoxy) is 1. The first kappa shape index (κ1) is 11.1. The number of nitrogens with zero attached hydrogens (tertiary/aromatic N) is 1. The molecule has 1 aromatic carbocycles. The van der Waals surface area contributed by atoms with E-state index in [0.29, 0.717) is 13.2 Å². The summed E-state index contributed by atoms with van der Waals surface area (Å²) >= 11 is 1.51. The summed E-state index contributed by atoms with van der Waals surface area (Å²) in [4.78, 5) is 12.2. The third-order valence-corrected chi connectivity index (χ3v) is 4.52. The van der Waals surface area contributed by atoms with E-state index in [2.05, 4.69) is 12.1 Å². The van der Waals surface area contributed by atoms with Crippen molar-refractivity contribution in [3.63, 3.8) is 0 Å². The van der Waals surface area contributed by atoms with Crippen LogP contribution in [0.4, 0.5) is 0 Å². The van der Waals surface area contributed by atoms with Crippen molar-refractivity contribution in [2.24, 2.45) is 5.41 Å². The molecule has 17 heavy (non-hydrogen) atoms. The normalized spacial score (nSPS) is 31.9. The first-order valence-electron chi connectivity index (χ1n) is 5.80. The summed E-state index contributed by atoms with van der Waals surface area (Å²) in [6.07, 6.45) is 2.80. The van der Waals surface area contributed by atoms with Crippen LogP contribution in [0.15, 0.2) is 30.3 Å². The SMILES string of the molecule is CSN1C(=O)C2(CCOC2)[C@@H]1c1ccccc1. The topological polar surface area (TPSA) is 29.5 Å². The number of β-lactam (4-membered cyclic amide) rings is 1. The molecule has 90 valence electrons. The Hall–Kier alpha value is -1.00. The monoisotopic (exact) mass is 249 g/mol. The Kier molecular flexibility index (Phi) is 2.64. The van der Waals surface area contributed by atoms with Gasteiger partial charge in [0.05, 0.1) is 12.6 Å². The third kappa shape index (κ3) is 1.44. The molecular formula is C13H15NO2S. The molecule has 2 fully saturated rings. The summed E-state index contributed by atoms with van der Waals surface area (Å²) in [5, 5.41) is 0. The molecule has 2 saturated heterocycles. The predicted molar refractivity (Wildman–Crippen MR) is 67.4 cm³/mol. The van der Waals surface area contributed by atoms with E-state index in [9.17, 15) is 4.79 Å². The highest BCUT2D eigenvalue weighted by atomic mass is 32.2. The Balaban J connectivity index is 1.98. The van der Waals surface area contributed by atoms with Gasteiger partial charge in [-0.2, -0.15) is 0 Å². The van der Waals surface area contributed by atoms with Gasteiger partial charge in [0.25, 0.3) is 0 Å². The maximum Gasteiger partial charge on any atom is 0.244 e. The van der Waals surface area contributed by atoms with Crippen LogP contribution in [0.5, 0.6) is 0 Å². The molecule has 3 nitrogen and oxygen atoms in total. The van der Waals surface area contributed by atoms with Crippen LogP contribution >= 0.6 is 11.9 Å². The van der Waals surface area contributed by atoms with Crippen LogP contribution in [0.3, 0.4) is 0 Å². The molecule has 1 spiro atoms. The molecule has 1 unspecified atom stereocenters. The third-order valence-electron chi connectivity index (χ3n) is 3.75. The highest BCUT2D eigenvalue weighted by molar-refractivity contribution is 7.96. The van der Waals surface area contributed by atoms with Crippen molar-refractivity contribution in [2.45, 2.75) is 12.5 Å². The zero-order chi connectivity index (χ0) is 11.9. The van der Waals surface area contributed by atoms with E-state index in [1.807, 2.05) is 28.8 Å². The van der Waals surface area contributed by atoms with Gasteiger partial charge in [0.2, 0.25) is 5.91 Å². The average Bonchev–Trinajstić information content (AvgIpc) is 2.87. The fraction of sp³-hybridized carbons (Fsp3) is 0.462. The van der Waals surface area contributed by atoms with Crippen LogP contribution in [-0.2, 0) is 9.53 Å². The minimum Gasteiger partial charge on any atom is -0.380 e. The fourth-order valence-corrected chi connectivity index (χ4v) is 3.74. The Morgan fingerprint density at radius 3 is 2.76 bits per heavy atom. The van der Waals surface area contributed by atoms with Gasteiger partial charge in [-0.3, -0.25) is 9.10 Å². The van der Waals surface area contributed by atoms with Crippen molar-refractivity contribution in [3.05, 3.63) is 35.9 Å². The van der Waals surface area contributed by atoms with Crippen molar-refractivity contribution in [2.75, 3.05) is 19.5 Å². The van der Waals surface area contributed by atoms with Gasteiger partial charge < -0.3 is 4.74 Å². The number of carbonyl (C=O) groups is 1. The van der Waals surface area contributed by atoms with E-state index in [1.54, 1.807) is 0 Å². The van der Waals surface area contributed by atoms with Crippen molar-refractivity contribution < 1.29 is 9.53 Å². The molecule has 0 aromatic heterocycles. The van der Waals surface area contributed by atoms with Gasteiger partial charge in [-0.15, -0.1) is 0 Å². The molecule has 0 radical (unpaired) electrons. The molecule has 1 amide bonds. The van der Waals surface area contributed by atoms with E-state index in [-0.39, 0.29) is 17.4 Å². The van der Waals surface area contributed by atoms with Gasteiger partial charge in [0.1, 0.15) is 5.41 Å². The second-order valence-corrected chi connectivity index (χ2v) is 5.34. The number of carbonyl (C=O) groups excluding carboxylic acids is 1. The second-order valence-electron chi connectivity index (χ2n) is 4.59. The minimum absolute atomic E-state index is 0.175. The lowest BCUT2D eigenvalue weighted by atomic mass is 9.69. The lowest BCUT2D eigenvalue weighted by Crippen LogP contribution is -2.60. The Morgan fingerprint density at radius 2 is 2.18 bits per heavy atom. The maximum absolute atomic E-state index is 12.2. The van der Waals surface area contributed by atoms with Crippen LogP contribution in [-0.4, -0.2) is 29.7 Å². The largest absolute Gasteiger partial charge is 0.380 e. The first-order chi connectivity index (χ1) is 8.29. The second kappa shape index (κ2) is 4.03. The highest BCUT2D eigenvalue weighted by Crippen LogP contribution is 2.56. The smallest absolute Gasteiger partial charge is 0.244 e. The standard InChI is InChI=1S/C13H15NO2S/c1-17-14-11(10-5-3-2-4-6-10)13(12(14)15)7-8-16-9-13/h2-6,11H,7-9H2,1H3/t11-,13?/m0/s1. The quantitative estimate of drug-likeness (QED) is 0.595. The van der Waals surface area contributed by atoms with Crippen LogP contribution in [0.25, 0.3) is 0 Å². The Bertz CT molecular complexity index is 428. The predicted octanol–water partition coefficient (Wildman–Crippen LogP) is 2.25. The van der Waals surface area contributed by atoms with Gasteiger partial charge in [-0.25, -0.2) is 0 Å². The molecule has 0 saturated carbocycles. The van der Waals surface area contributed by atoms with Gasteiger partial charge in [-0.05, 0) is 12.0 Å². The lowest BCUT2D eigenvalue weighted by Gasteiger charge is -2.52. The molecule has 3 rings (SSSR count). The van der Waals surface area contributed by atoms with Crippen LogP contribution in [0.1, 0.15) is 18.0 Å². The minimum atomic E-state index is -0.287.